The van der Waals surface area contributed by atoms with Crippen LogP contribution in [0.2, 0.25) is 0 Å². The third-order valence-electron chi connectivity index (χ3n) is 1.75. The number of hydrogen-bond donors (Lipinski definition) is 0. The third-order valence-corrected chi connectivity index (χ3v) is 1.93. The zero-order valence-electron chi connectivity index (χ0n) is 7.85. The molecule has 88 valence electrons. The molecule has 1 heterocycles. The van der Waals surface area contributed by atoms with Crippen molar-refractivity contribution < 1.29 is 18.5 Å². The number of nitrogens with zero attached hydrogens (tertiary/aromatic N) is 3. The smallest absolute Gasteiger partial charge is 0.274 e. The van der Waals surface area contributed by atoms with Crippen LogP contribution in [0.1, 0.15) is 28.2 Å². The summed E-state index contributed by atoms with van der Waals surface area (Å²) in [4.78, 5) is 23.5. The Balaban J connectivity index is 3.69. The third kappa shape index (κ3) is 2.51. The van der Waals surface area contributed by atoms with Gasteiger partial charge in [0.1, 0.15) is 23.0 Å². The fraction of sp³-hybridized carbons (Fsp3) is 0.125. The molecule has 1 aromatic rings. The Hall–Kier alpha value is -2.14. The van der Waals surface area contributed by atoms with Gasteiger partial charge in [0.15, 0.2) is 0 Å². The maximum Gasteiger partial charge on any atom is 0.283 e. The molecular formula is C8H2ClF2N3O3. The highest BCUT2D eigenvalue weighted by Gasteiger charge is 2.30. The maximum atomic E-state index is 12.6. The van der Waals surface area contributed by atoms with Crippen molar-refractivity contribution in [2.45, 2.75) is 6.43 Å². The molecule has 6 nitrogen and oxygen atoms in total. The molecule has 1 aromatic heterocycles. The number of alkyl halides is 2. The highest BCUT2D eigenvalue weighted by atomic mass is 35.5. The van der Waals surface area contributed by atoms with E-state index in [0.29, 0.717) is 6.07 Å². The summed E-state index contributed by atoms with van der Waals surface area (Å²) in [6, 6.07) is 1.97. The second-order valence-electron chi connectivity index (χ2n) is 2.73. The lowest BCUT2D eigenvalue weighted by atomic mass is 10.1. The molecule has 0 saturated heterocycles. The SMILES string of the molecule is N#Cc1cc([N+](=O)[O-])c(C(F)F)c(C(=O)Cl)n1. The highest BCUT2D eigenvalue weighted by Crippen LogP contribution is 2.32. The molecule has 0 N–H and O–H groups in total. The Bertz CT molecular complexity index is 506. The molecule has 0 saturated carbocycles. The summed E-state index contributed by atoms with van der Waals surface area (Å²) in [5, 5.41) is 17.7. The monoisotopic (exact) mass is 261 g/mol. The first-order valence-corrected chi connectivity index (χ1v) is 4.33. The number of carbonyl (C=O) groups excluding carboxylic acids is 1. The molecule has 17 heavy (non-hydrogen) atoms. The molecule has 0 aliphatic rings. The second kappa shape index (κ2) is 4.80. The number of pyridine rings is 1. The van der Waals surface area contributed by atoms with Gasteiger partial charge in [-0.25, -0.2) is 13.8 Å². The Morgan fingerprint density at radius 3 is 2.59 bits per heavy atom. The van der Waals surface area contributed by atoms with Gasteiger partial charge in [0.25, 0.3) is 17.4 Å². The molecule has 0 amide bonds. The average Bonchev–Trinajstić information content (AvgIpc) is 2.26. The van der Waals surface area contributed by atoms with E-state index in [1.165, 1.54) is 6.07 Å². The summed E-state index contributed by atoms with van der Waals surface area (Å²) >= 11 is 4.99. The highest BCUT2D eigenvalue weighted by molar-refractivity contribution is 6.67. The van der Waals surface area contributed by atoms with Crippen LogP contribution in [0.15, 0.2) is 6.07 Å². The zero-order valence-corrected chi connectivity index (χ0v) is 8.61. The first-order valence-electron chi connectivity index (χ1n) is 3.96. The van der Waals surface area contributed by atoms with Crippen LogP contribution in [0, 0.1) is 21.4 Å². The average molecular weight is 262 g/mol. The zero-order chi connectivity index (χ0) is 13.2. The lowest BCUT2D eigenvalue weighted by Gasteiger charge is -2.05. The number of nitro groups is 1. The van der Waals surface area contributed by atoms with Crippen molar-refractivity contribution >= 4 is 22.5 Å². The summed E-state index contributed by atoms with van der Waals surface area (Å²) in [6.07, 6.45) is -3.30. The second-order valence-corrected chi connectivity index (χ2v) is 3.08. The van der Waals surface area contributed by atoms with Gasteiger partial charge in [0, 0.05) is 0 Å². The number of rotatable bonds is 3. The minimum absolute atomic E-state index is 0.537. The van der Waals surface area contributed by atoms with E-state index >= 15 is 0 Å². The molecule has 0 aliphatic heterocycles. The van der Waals surface area contributed by atoms with Gasteiger partial charge in [-0.3, -0.25) is 14.9 Å². The summed E-state index contributed by atoms with van der Waals surface area (Å²) in [7, 11) is 0. The predicted molar refractivity (Wildman–Crippen MR) is 50.7 cm³/mol. The summed E-state index contributed by atoms with van der Waals surface area (Å²) in [5.74, 6) is 0. The van der Waals surface area contributed by atoms with Crippen LogP contribution in [0.3, 0.4) is 0 Å². The van der Waals surface area contributed by atoms with E-state index in [9.17, 15) is 23.7 Å². The van der Waals surface area contributed by atoms with E-state index in [1.54, 1.807) is 0 Å². The summed E-state index contributed by atoms with van der Waals surface area (Å²) < 4.78 is 25.2. The van der Waals surface area contributed by atoms with Crippen molar-refractivity contribution in [3.8, 4) is 6.07 Å². The molecule has 0 atom stereocenters. The lowest BCUT2D eigenvalue weighted by molar-refractivity contribution is -0.386. The Kier molecular flexibility index (Phi) is 3.65. The van der Waals surface area contributed by atoms with Gasteiger partial charge in [-0.15, -0.1) is 0 Å². The Morgan fingerprint density at radius 2 is 2.24 bits per heavy atom. The van der Waals surface area contributed by atoms with Crippen LogP contribution >= 0.6 is 11.6 Å². The van der Waals surface area contributed by atoms with Crippen molar-refractivity contribution in [1.82, 2.24) is 4.98 Å². The van der Waals surface area contributed by atoms with Crippen molar-refractivity contribution in [2.75, 3.05) is 0 Å². The number of hydrogen-bond acceptors (Lipinski definition) is 5. The van der Waals surface area contributed by atoms with Gasteiger partial charge in [0.2, 0.25) is 0 Å². The molecule has 0 spiro atoms. The molecule has 0 fully saturated rings. The number of carbonyl (C=O) groups is 1. The Morgan fingerprint density at radius 1 is 1.65 bits per heavy atom. The van der Waals surface area contributed by atoms with Gasteiger partial charge < -0.3 is 0 Å². The van der Waals surface area contributed by atoms with Crippen molar-refractivity contribution in [2.24, 2.45) is 0 Å². The van der Waals surface area contributed by atoms with Crippen molar-refractivity contribution in [3.05, 3.63) is 33.1 Å². The Labute approximate surface area is 97.6 Å². The molecule has 0 unspecified atom stereocenters. The van der Waals surface area contributed by atoms with E-state index in [2.05, 4.69) is 4.98 Å². The van der Waals surface area contributed by atoms with Crippen molar-refractivity contribution in [3.63, 3.8) is 0 Å². The predicted octanol–water partition coefficient (Wildman–Crippen LogP) is 2.18. The molecule has 0 aliphatic carbocycles. The van der Waals surface area contributed by atoms with Gasteiger partial charge in [0.05, 0.1) is 11.0 Å². The van der Waals surface area contributed by atoms with Crippen molar-refractivity contribution in [1.29, 1.82) is 5.26 Å². The quantitative estimate of drug-likeness (QED) is 0.472. The molecule has 9 heteroatoms. The largest absolute Gasteiger partial charge is 0.283 e. The maximum absolute atomic E-state index is 12.6. The topological polar surface area (TPSA) is 96.9 Å². The fourth-order valence-corrected chi connectivity index (χ4v) is 1.26. The van der Waals surface area contributed by atoms with E-state index in [4.69, 9.17) is 16.9 Å². The van der Waals surface area contributed by atoms with E-state index in [1.807, 2.05) is 0 Å². The van der Waals surface area contributed by atoms with Crippen LogP contribution in [0.5, 0.6) is 0 Å². The number of nitriles is 1. The first-order chi connectivity index (χ1) is 7.88. The minimum Gasteiger partial charge on any atom is -0.274 e. The fourth-order valence-electron chi connectivity index (χ4n) is 1.11. The lowest BCUT2D eigenvalue weighted by Crippen LogP contribution is -2.08. The summed E-state index contributed by atoms with van der Waals surface area (Å²) in [5.41, 5.74) is -3.76. The minimum atomic E-state index is -3.30. The molecule has 0 aromatic carbocycles. The first kappa shape index (κ1) is 12.9. The van der Waals surface area contributed by atoms with Gasteiger partial charge in [-0.1, -0.05) is 0 Å². The summed E-state index contributed by atoms with van der Waals surface area (Å²) in [6.45, 7) is 0. The van der Waals surface area contributed by atoms with Gasteiger partial charge in [-0.05, 0) is 11.6 Å². The standard InChI is InChI=1S/C8H2ClF2N3O3/c9-7(15)6-5(8(10)11)4(14(16)17)1-3(2-12)13-6/h1,8H. The van der Waals surface area contributed by atoms with Crippen LogP contribution in [-0.2, 0) is 0 Å². The molecular weight excluding hydrogens is 260 g/mol. The number of halogens is 3. The molecule has 0 radical (unpaired) electrons. The van der Waals surface area contributed by atoms with E-state index in [0.717, 1.165) is 0 Å². The van der Waals surface area contributed by atoms with Crippen LogP contribution < -0.4 is 0 Å². The molecule has 1 rings (SSSR count). The van der Waals surface area contributed by atoms with Gasteiger partial charge >= 0.3 is 0 Å². The van der Waals surface area contributed by atoms with Gasteiger partial charge in [-0.2, -0.15) is 5.26 Å². The normalized spacial score (nSPS) is 10.1. The molecule has 0 bridgehead atoms. The van der Waals surface area contributed by atoms with Crippen LogP contribution in [0.25, 0.3) is 0 Å². The van der Waals surface area contributed by atoms with E-state index < -0.39 is 39.2 Å². The number of aromatic nitrogens is 1. The van der Waals surface area contributed by atoms with Crippen LogP contribution in [-0.4, -0.2) is 15.1 Å². The van der Waals surface area contributed by atoms with Crippen LogP contribution in [0.4, 0.5) is 14.5 Å². The van der Waals surface area contributed by atoms with E-state index in [-0.39, 0.29) is 0 Å².